The molecule has 1 aromatic heterocycles. The molecule has 0 radical (unpaired) electrons. The molecule has 174 valence electrons. The second-order valence-corrected chi connectivity index (χ2v) is 8.38. The lowest BCUT2D eigenvalue weighted by atomic mass is 10.1. The third-order valence-electron chi connectivity index (χ3n) is 6.18. The van der Waals surface area contributed by atoms with Gasteiger partial charge in [0, 0.05) is 56.2 Å². The van der Waals surface area contributed by atoms with Crippen molar-refractivity contribution in [3.05, 3.63) is 65.9 Å². The highest BCUT2D eigenvalue weighted by atomic mass is 16.7. The number of carbonyl (C=O) groups is 1. The summed E-state index contributed by atoms with van der Waals surface area (Å²) in [6.45, 7) is 4.83. The van der Waals surface area contributed by atoms with Crippen LogP contribution in [0.1, 0.15) is 15.9 Å². The van der Waals surface area contributed by atoms with E-state index in [2.05, 4.69) is 32.2 Å². The maximum absolute atomic E-state index is 12.8. The molecule has 0 saturated carbocycles. The van der Waals surface area contributed by atoms with Crippen molar-refractivity contribution in [2.75, 3.05) is 50.0 Å². The lowest BCUT2D eigenvalue weighted by molar-refractivity contribution is 0.102. The van der Waals surface area contributed by atoms with Crippen LogP contribution in [0.15, 0.2) is 54.7 Å². The molecule has 0 aliphatic carbocycles. The Labute approximate surface area is 196 Å². The zero-order valence-corrected chi connectivity index (χ0v) is 18.5. The number of rotatable bonds is 5. The van der Waals surface area contributed by atoms with Crippen molar-refractivity contribution in [2.24, 2.45) is 0 Å². The Morgan fingerprint density at radius 3 is 2.32 bits per heavy atom. The van der Waals surface area contributed by atoms with E-state index in [1.165, 1.54) is 5.56 Å². The van der Waals surface area contributed by atoms with Crippen molar-refractivity contribution in [1.29, 1.82) is 0 Å². The molecule has 4 heterocycles. The molecule has 2 aromatic carbocycles. The number of ether oxygens (including phenoxy) is 4. The van der Waals surface area contributed by atoms with Gasteiger partial charge in [-0.3, -0.25) is 9.69 Å². The summed E-state index contributed by atoms with van der Waals surface area (Å²) in [6.07, 6.45) is 1.68. The van der Waals surface area contributed by atoms with Crippen molar-refractivity contribution in [3.63, 3.8) is 0 Å². The SMILES string of the molecule is O=C(Nc1ccc2c(c1)OCO2)c1ccnc(N2CCN(Cc3ccc4c(c3)OCO4)CC2)c1. The molecule has 6 rings (SSSR count). The van der Waals surface area contributed by atoms with E-state index in [1.807, 2.05) is 12.1 Å². The van der Waals surface area contributed by atoms with Crippen LogP contribution in [-0.2, 0) is 6.54 Å². The van der Waals surface area contributed by atoms with Gasteiger partial charge in [-0.2, -0.15) is 0 Å². The maximum atomic E-state index is 12.8. The van der Waals surface area contributed by atoms with Gasteiger partial charge in [-0.1, -0.05) is 6.07 Å². The standard InChI is InChI=1S/C25H24N4O5/c30-25(27-19-2-4-21-23(13-19)34-16-32-21)18-5-6-26-24(12-18)29-9-7-28(8-10-29)14-17-1-3-20-22(11-17)33-15-31-20/h1-6,11-13H,7-10,14-16H2,(H,27,30). The number of pyridine rings is 1. The molecule has 34 heavy (non-hydrogen) atoms. The fourth-order valence-corrected chi connectivity index (χ4v) is 4.34. The van der Waals surface area contributed by atoms with Crippen molar-refractivity contribution in [2.45, 2.75) is 6.54 Å². The molecule has 3 aliphatic heterocycles. The van der Waals surface area contributed by atoms with Gasteiger partial charge >= 0.3 is 0 Å². The van der Waals surface area contributed by atoms with Crippen molar-refractivity contribution >= 4 is 17.4 Å². The summed E-state index contributed by atoms with van der Waals surface area (Å²) in [5.74, 6) is 3.55. The summed E-state index contributed by atoms with van der Waals surface area (Å²) in [5, 5.41) is 2.92. The molecule has 1 fully saturated rings. The second-order valence-electron chi connectivity index (χ2n) is 8.38. The summed E-state index contributed by atoms with van der Waals surface area (Å²) in [5.41, 5.74) is 2.42. The van der Waals surface area contributed by atoms with E-state index in [4.69, 9.17) is 18.9 Å². The normalized spacial score (nSPS) is 16.5. The van der Waals surface area contributed by atoms with Gasteiger partial charge in [-0.15, -0.1) is 0 Å². The topological polar surface area (TPSA) is 85.4 Å². The molecule has 0 atom stereocenters. The predicted octanol–water partition coefficient (Wildman–Crippen LogP) is 3.11. The van der Waals surface area contributed by atoms with Crippen LogP contribution >= 0.6 is 0 Å². The highest BCUT2D eigenvalue weighted by molar-refractivity contribution is 6.04. The summed E-state index contributed by atoms with van der Waals surface area (Å²) in [6, 6.07) is 15.0. The molecule has 0 spiro atoms. The van der Waals surface area contributed by atoms with Crippen LogP contribution in [0.4, 0.5) is 11.5 Å². The van der Waals surface area contributed by atoms with Gasteiger partial charge in [-0.25, -0.2) is 4.98 Å². The molecule has 0 unspecified atom stereocenters. The van der Waals surface area contributed by atoms with Crippen molar-refractivity contribution < 1.29 is 23.7 Å². The monoisotopic (exact) mass is 460 g/mol. The summed E-state index contributed by atoms with van der Waals surface area (Å²) in [7, 11) is 0. The largest absolute Gasteiger partial charge is 0.454 e. The van der Waals surface area contributed by atoms with Gasteiger partial charge in [0.15, 0.2) is 23.0 Å². The average molecular weight is 460 g/mol. The van der Waals surface area contributed by atoms with Crippen molar-refractivity contribution in [1.82, 2.24) is 9.88 Å². The Kier molecular flexibility index (Phi) is 5.31. The van der Waals surface area contributed by atoms with Crippen molar-refractivity contribution in [3.8, 4) is 23.0 Å². The molecular weight excluding hydrogens is 436 g/mol. The Balaban J connectivity index is 1.07. The van der Waals surface area contributed by atoms with Crippen LogP contribution in [0.5, 0.6) is 23.0 Å². The number of hydrogen-bond acceptors (Lipinski definition) is 8. The van der Waals surface area contributed by atoms with Crippen LogP contribution in [0.3, 0.4) is 0 Å². The molecule has 1 amide bonds. The first kappa shape index (κ1) is 20.6. The number of fused-ring (bicyclic) bond motifs is 2. The minimum atomic E-state index is -0.191. The molecular formula is C25H24N4O5. The van der Waals surface area contributed by atoms with Gasteiger partial charge in [0.2, 0.25) is 13.6 Å². The Bertz CT molecular complexity index is 1230. The fourth-order valence-electron chi connectivity index (χ4n) is 4.34. The molecule has 3 aliphatic rings. The van der Waals surface area contributed by atoms with Crippen LogP contribution < -0.4 is 29.2 Å². The van der Waals surface area contributed by atoms with Crippen LogP contribution in [0.25, 0.3) is 0 Å². The average Bonchev–Trinajstić information content (AvgIpc) is 3.53. The zero-order chi connectivity index (χ0) is 22.9. The lowest BCUT2D eigenvalue weighted by Gasteiger charge is -2.35. The van der Waals surface area contributed by atoms with Crippen LogP contribution in [-0.4, -0.2) is 55.6 Å². The van der Waals surface area contributed by atoms with E-state index in [9.17, 15) is 4.79 Å². The Hall–Kier alpha value is -3.98. The number of aromatic nitrogens is 1. The van der Waals surface area contributed by atoms with Gasteiger partial charge in [0.1, 0.15) is 5.82 Å². The first-order valence-electron chi connectivity index (χ1n) is 11.2. The lowest BCUT2D eigenvalue weighted by Crippen LogP contribution is -2.46. The third-order valence-corrected chi connectivity index (χ3v) is 6.18. The molecule has 0 bridgehead atoms. The zero-order valence-electron chi connectivity index (χ0n) is 18.5. The van der Waals surface area contributed by atoms with E-state index in [0.29, 0.717) is 22.7 Å². The van der Waals surface area contributed by atoms with Crippen LogP contribution in [0.2, 0.25) is 0 Å². The van der Waals surface area contributed by atoms with E-state index in [1.54, 1.807) is 30.5 Å². The van der Waals surface area contributed by atoms with E-state index in [0.717, 1.165) is 50.0 Å². The number of hydrogen-bond donors (Lipinski definition) is 1. The number of benzene rings is 2. The maximum Gasteiger partial charge on any atom is 0.255 e. The third kappa shape index (κ3) is 4.17. The quantitative estimate of drug-likeness (QED) is 0.622. The van der Waals surface area contributed by atoms with Gasteiger partial charge in [0.05, 0.1) is 0 Å². The fraction of sp³-hybridized carbons (Fsp3) is 0.280. The Morgan fingerprint density at radius 1 is 0.824 bits per heavy atom. The van der Waals surface area contributed by atoms with Gasteiger partial charge in [-0.05, 0) is 42.0 Å². The molecule has 1 N–H and O–H groups in total. The van der Waals surface area contributed by atoms with E-state index in [-0.39, 0.29) is 19.5 Å². The smallest absolute Gasteiger partial charge is 0.255 e. The molecule has 3 aromatic rings. The van der Waals surface area contributed by atoms with E-state index < -0.39 is 0 Å². The minimum Gasteiger partial charge on any atom is -0.454 e. The van der Waals surface area contributed by atoms with E-state index >= 15 is 0 Å². The number of piperazine rings is 1. The first-order chi connectivity index (χ1) is 16.7. The molecule has 9 nitrogen and oxygen atoms in total. The second kappa shape index (κ2) is 8.75. The summed E-state index contributed by atoms with van der Waals surface area (Å²) >= 11 is 0. The minimum absolute atomic E-state index is 0.191. The number of anilines is 2. The first-order valence-corrected chi connectivity index (χ1v) is 11.2. The van der Waals surface area contributed by atoms with Crippen LogP contribution in [0, 0.1) is 0 Å². The number of amides is 1. The highest BCUT2D eigenvalue weighted by Gasteiger charge is 2.21. The Morgan fingerprint density at radius 2 is 1.53 bits per heavy atom. The number of nitrogens with one attached hydrogen (secondary N) is 1. The van der Waals surface area contributed by atoms with Gasteiger partial charge < -0.3 is 29.2 Å². The number of carbonyl (C=O) groups excluding carboxylic acids is 1. The predicted molar refractivity (Wildman–Crippen MR) is 125 cm³/mol. The highest BCUT2D eigenvalue weighted by Crippen LogP contribution is 2.35. The molecule has 1 saturated heterocycles. The van der Waals surface area contributed by atoms with Gasteiger partial charge in [0.25, 0.3) is 5.91 Å². The summed E-state index contributed by atoms with van der Waals surface area (Å²) < 4.78 is 21.6. The summed E-state index contributed by atoms with van der Waals surface area (Å²) in [4.78, 5) is 22.0. The number of nitrogens with zero attached hydrogens (tertiary/aromatic N) is 3. The molecule has 9 heteroatoms.